The van der Waals surface area contributed by atoms with E-state index in [4.69, 9.17) is 33.7 Å². The SMILES string of the molecule is NC(=O)c1ccccc1Oc1ccc(Cl)c(Cl)c1. The summed E-state index contributed by atoms with van der Waals surface area (Å²) in [5.41, 5.74) is 5.56. The number of benzene rings is 2. The first-order valence-electron chi connectivity index (χ1n) is 5.09. The molecule has 0 aromatic heterocycles. The van der Waals surface area contributed by atoms with Gasteiger partial charge in [0, 0.05) is 6.07 Å². The quantitative estimate of drug-likeness (QED) is 0.928. The minimum Gasteiger partial charge on any atom is -0.456 e. The molecule has 0 bridgehead atoms. The van der Waals surface area contributed by atoms with Crippen molar-refractivity contribution in [1.82, 2.24) is 0 Å². The predicted octanol–water partition coefficient (Wildman–Crippen LogP) is 3.88. The van der Waals surface area contributed by atoms with Gasteiger partial charge in [0.2, 0.25) is 0 Å². The Bertz CT molecular complexity index is 599. The van der Waals surface area contributed by atoms with Crippen LogP contribution in [0.4, 0.5) is 0 Å². The van der Waals surface area contributed by atoms with Crippen LogP contribution in [0, 0.1) is 0 Å². The molecular formula is C13H9Cl2NO2. The number of para-hydroxylation sites is 1. The van der Waals surface area contributed by atoms with E-state index in [-0.39, 0.29) is 0 Å². The number of ether oxygens (including phenoxy) is 1. The molecule has 2 aromatic rings. The van der Waals surface area contributed by atoms with E-state index in [1.165, 1.54) is 0 Å². The molecule has 0 heterocycles. The van der Waals surface area contributed by atoms with Crippen molar-refractivity contribution in [2.75, 3.05) is 0 Å². The van der Waals surface area contributed by atoms with Crippen molar-refractivity contribution in [3.05, 3.63) is 58.1 Å². The topological polar surface area (TPSA) is 52.3 Å². The zero-order valence-corrected chi connectivity index (χ0v) is 10.7. The molecule has 0 aliphatic heterocycles. The fourth-order valence-corrected chi connectivity index (χ4v) is 1.71. The van der Waals surface area contributed by atoms with E-state index in [1.54, 1.807) is 42.5 Å². The van der Waals surface area contributed by atoms with Crippen molar-refractivity contribution in [1.29, 1.82) is 0 Å². The lowest BCUT2D eigenvalue weighted by atomic mass is 10.2. The number of halogens is 2. The molecule has 0 saturated carbocycles. The van der Waals surface area contributed by atoms with Gasteiger partial charge in [-0.1, -0.05) is 35.3 Å². The molecule has 2 rings (SSSR count). The molecule has 0 spiro atoms. The third kappa shape index (κ3) is 2.75. The third-order valence-corrected chi connectivity index (χ3v) is 3.01. The molecule has 0 unspecified atom stereocenters. The zero-order valence-electron chi connectivity index (χ0n) is 9.19. The highest BCUT2D eigenvalue weighted by molar-refractivity contribution is 6.42. The third-order valence-electron chi connectivity index (χ3n) is 2.27. The van der Waals surface area contributed by atoms with Crippen molar-refractivity contribution in [2.24, 2.45) is 5.73 Å². The summed E-state index contributed by atoms with van der Waals surface area (Å²) >= 11 is 11.7. The molecule has 0 radical (unpaired) electrons. The van der Waals surface area contributed by atoms with Crippen molar-refractivity contribution in [2.45, 2.75) is 0 Å². The lowest BCUT2D eigenvalue weighted by molar-refractivity contribution is 0.0998. The summed E-state index contributed by atoms with van der Waals surface area (Å²) < 4.78 is 5.56. The van der Waals surface area contributed by atoms with Gasteiger partial charge in [-0.15, -0.1) is 0 Å². The normalized spacial score (nSPS) is 10.1. The molecule has 5 heteroatoms. The minimum atomic E-state index is -0.550. The van der Waals surface area contributed by atoms with Crippen LogP contribution >= 0.6 is 23.2 Å². The van der Waals surface area contributed by atoms with Crippen LogP contribution in [0.2, 0.25) is 10.0 Å². The van der Waals surface area contributed by atoms with Crippen LogP contribution in [0.3, 0.4) is 0 Å². The van der Waals surface area contributed by atoms with Crippen LogP contribution in [0.1, 0.15) is 10.4 Å². The Kier molecular flexibility index (Phi) is 3.75. The summed E-state index contributed by atoms with van der Waals surface area (Å²) in [5.74, 6) is 0.312. The van der Waals surface area contributed by atoms with Gasteiger partial charge in [0.15, 0.2) is 0 Å². The van der Waals surface area contributed by atoms with Gasteiger partial charge >= 0.3 is 0 Å². The van der Waals surface area contributed by atoms with E-state index in [9.17, 15) is 4.79 Å². The molecular weight excluding hydrogens is 273 g/mol. The molecule has 0 aliphatic rings. The number of hydrogen-bond acceptors (Lipinski definition) is 2. The van der Waals surface area contributed by atoms with Gasteiger partial charge in [-0.3, -0.25) is 4.79 Å². The molecule has 92 valence electrons. The van der Waals surface area contributed by atoms with Crippen molar-refractivity contribution in [3.8, 4) is 11.5 Å². The maximum Gasteiger partial charge on any atom is 0.252 e. The summed E-state index contributed by atoms with van der Waals surface area (Å²) in [6.07, 6.45) is 0. The Labute approximate surface area is 114 Å². The molecule has 0 saturated heterocycles. The van der Waals surface area contributed by atoms with Crippen LogP contribution in [0.15, 0.2) is 42.5 Å². The second-order valence-corrected chi connectivity index (χ2v) is 4.35. The zero-order chi connectivity index (χ0) is 13.1. The lowest BCUT2D eigenvalue weighted by Gasteiger charge is -2.09. The van der Waals surface area contributed by atoms with Crippen molar-refractivity contribution < 1.29 is 9.53 Å². The van der Waals surface area contributed by atoms with E-state index in [0.29, 0.717) is 27.1 Å². The highest BCUT2D eigenvalue weighted by atomic mass is 35.5. The molecule has 1 amide bonds. The van der Waals surface area contributed by atoms with E-state index in [2.05, 4.69) is 0 Å². The molecule has 18 heavy (non-hydrogen) atoms. The number of primary amides is 1. The predicted molar refractivity (Wildman–Crippen MR) is 71.5 cm³/mol. The largest absolute Gasteiger partial charge is 0.456 e. The number of carbonyl (C=O) groups excluding carboxylic acids is 1. The van der Waals surface area contributed by atoms with E-state index in [1.807, 2.05) is 0 Å². The maximum absolute atomic E-state index is 11.2. The molecule has 3 nitrogen and oxygen atoms in total. The van der Waals surface area contributed by atoms with Crippen LogP contribution in [0.25, 0.3) is 0 Å². The lowest BCUT2D eigenvalue weighted by Crippen LogP contribution is -2.11. The Morgan fingerprint density at radius 2 is 1.78 bits per heavy atom. The van der Waals surface area contributed by atoms with E-state index < -0.39 is 5.91 Å². The first-order valence-corrected chi connectivity index (χ1v) is 5.85. The summed E-state index contributed by atoms with van der Waals surface area (Å²) in [7, 11) is 0. The molecule has 0 aliphatic carbocycles. The number of rotatable bonds is 3. The van der Waals surface area contributed by atoms with Gasteiger partial charge < -0.3 is 10.5 Å². The van der Waals surface area contributed by atoms with Crippen LogP contribution in [0.5, 0.6) is 11.5 Å². The van der Waals surface area contributed by atoms with E-state index >= 15 is 0 Å². The van der Waals surface area contributed by atoms with Crippen molar-refractivity contribution in [3.63, 3.8) is 0 Å². The van der Waals surface area contributed by atoms with E-state index in [0.717, 1.165) is 0 Å². The van der Waals surface area contributed by atoms with Gasteiger partial charge in [0.1, 0.15) is 11.5 Å². The van der Waals surface area contributed by atoms with Crippen LogP contribution in [-0.2, 0) is 0 Å². The van der Waals surface area contributed by atoms with Crippen LogP contribution < -0.4 is 10.5 Å². The van der Waals surface area contributed by atoms with Crippen LogP contribution in [-0.4, -0.2) is 5.91 Å². The molecule has 0 fully saturated rings. The average molecular weight is 282 g/mol. The summed E-state index contributed by atoms with van der Waals surface area (Å²) in [5, 5.41) is 0.818. The summed E-state index contributed by atoms with van der Waals surface area (Å²) in [4.78, 5) is 11.2. The first kappa shape index (κ1) is 12.7. The maximum atomic E-state index is 11.2. The Balaban J connectivity index is 2.34. The summed E-state index contributed by atoms with van der Waals surface area (Å²) in [6, 6.07) is 11.6. The fraction of sp³-hybridized carbons (Fsp3) is 0. The van der Waals surface area contributed by atoms with Gasteiger partial charge in [-0.05, 0) is 24.3 Å². The first-order chi connectivity index (χ1) is 8.58. The van der Waals surface area contributed by atoms with Crippen molar-refractivity contribution >= 4 is 29.1 Å². The Morgan fingerprint density at radius 3 is 2.44 bits per heavy atom. The highest BCUT2D eigenvalue weighted by Gasteiger charge is 2.09. The highest BCUT2D eigenvalue weighted by Crippen LogP contribution is 2.30. The Hall–Kier alpha value is -1.71. The van der Waals surface area contributed by atoms with Gasteiger partial charge in [0.25, 0.3) is 5.91 Å². The number of carbonyl (C=O) groups is 1. The minimum absolute atomic E-state index is 0.309. The standard InChI is InChI=1S/C13H9Cl2NO2/c14-10-6-5-8(7-11(10)15)18-12-4-2-1-3-9(12)13(16)17/h1-7H,(H2,16,17). The number of nitrogens with two attached hydrogens (primary N) is 1. The number of amides is 1. The second-order valence-electron chi connectivity index (χ2n) is 3.54. The second kappa shape index (κ2) is 5.29. The van der Waals surface area contributed by atoms with Gasteiger partial charge in [0.05, 0.1) is 15.6 Å². The number of hydrogen-bond donors (Lipinski definition) is 1. The van der Waals surface area contributed by atoms with Gasteiger partial charge in [-0.25, -0.2) is 0 Å². The molecule has 2 aromatic carbocycles. The van der Waals surface area contributed by atoms with Gasteiger partial charge in [-0.2, -0.15) is 0 Å². The summed E-state index contributed by atoms with van der Waals surface area (Å²) in [6.45, 7) is 0. The molecule has 0 atom stereocenters. The molecule has 2 N–H and O–H groups in total. The fourth-order valence-electron chi connectivity index (χ4n) is 1.43. The monoisotopic (exact) mass is 281 g/mol. The smallest absolute Gasteiger partial charge is 0.252 e. The Morgan fingerprint density at radius 1 is 1.06 bits per heavy atom. The average Bonchev–Trinajstić information content (AvgIpc) is 2.34.